The van der Waals surface area contributed by atoms with Crippen molar-refractivity contribution in [1.29, 1.82) is 0 Å². The van der Waals surface area contributed by atoms with Gasteiger partial charge < -0.3 is 4.52 Å². The molecule has 0 N–H and O–H groups in total. The van der Waals surface area contributed by atoms with E-state index in [4.69, 9.17) is 4.52 Å². The molecule has 0 saturated heterocycles. The van der Waals surface area contributed by atoms with Crippen molar-refractivity contribution in [3.8, 4) is 0 Å². The first kappa shape index (κ1) is 15.2. The second-order valence-electron chi connectivity index (χ2n) is 4.01. The van der Waals surface area contributed by atoms with Crippen LogP contribution >= 0.6 is 0 Å². The van der Waals surface area contributed by atoms with Crippen LogP contribution in [-0.4, -0.2) is 11.3 Å². The number of nitrogens with zero attached hydrogens (tertiary/aromatic N) is 1. The minimum Gasteiger partial charge on any atom is -0.379 e. The molecule has 0 amide bonds. The first-order valence-corrected chi connectivity index (χ1v) is 5.47. The first-order chi connectivity index (χ1) is 8.15. The van der Waals surface area contributed by atoms with Gasteiger partial charge in [0.05, 0.1) is 5.76 Å². The molecule has 0 unspecified atom stereocenters. The van der Waals surface area contributed by atoms with Crippen molar-refractivity contribution in [2.45, 2.75) is 19.0 Å². The number of allylic oxidation sites excluding steroid dienone is 6. The first-order valence-electron chi connectivity index (χ1n) is 5.47. The van der Waals surface area contributed by atoms with Crippen molar-refractivity contribution in [1.82, 2.24) is 5.16 Å². The van der Waals surface area contributed by atoms with Crippen molar-refractivity contribution < 1.29 is 40.0 Å². The summed E-state index contributed by atoms with van der Waals surface area (Å²) in [5.74, 6) is 0.875. The molecule has 0 saturated carbocycles. The Morgan fingerprint density at radius 1 is 1.33 bits per heavy atom. The van der Waals surface area contributed by atoms with Crippen molar-refractivity contribution in [2.24, 2.45) is 0 Å². The minimum absolute atomic E-state index is 0. The Kier molecular flexibility index (Phi) is 5.85. The minimum atomic E-state index is -0.777. The summed E-state index contributed by atoms with van der Waals surface area (Å²) in [6.07, 6.45) is 7.89. The molecule has 0 spiro atoms. The van der Waals surface area contributed by atoms with E-state index in [1.54, 1.807) is 12.2 Å². The third-order valence-corrected chi connectivity index (χ3v) is 2.41. The molecule has 1 heterocycles. The number of halogens is 1. The molecule has 18 heavy (non-hydrogen) atoms. The van der Waals surface area contributed by atoms with Gasteiger partial charge in [0.25, 0.3) is 0 Å². The molecule has 0 aromatic carbocycles. The summed E-state index contributed by atoms with van der Waals surface area (Å²) in [4.78, 5) is 0. The van der Waals surface area contributed by atoms with Gasteiger partial charge >= 0.3 is 31.1 Å². The Balaban J connectivity index is 0.000000172. The van der Waals surface area contributed by atoms with Crippen LogP contribution in [0.3, 0.4) is 0 Å². The van der Waals surface area contributed by atoms with Crippen molar-refractivity contribution >= 4 is 5.57 Å². The summed E-state index contributed by atoms with van der Waals surface area (Å²) in [6, 6.07) is 1.85. The molecule has 0 fully saturated rings. The van der Waals surface area contributed by atoms with Gasteiger partial charge in [-0.1, -0.05) is 11.8 Å². The number of alkyl halides is 1. The van der Waals surface area contributed by atoms with Crippen LogP contribution < -0.4 is 0 Å². The van der Waals surface area contributed by atoms with Gasteiger partial charge in [-0.25, -0.2) is 11.3 Å². The van der Waals surface area contributed by atoms with E-state index in [2.05, 4.69) is 25.1 Å². The van der Waals surface area contributed by atoms with E-state index < -0.39 is 6.17 Å². The van der Waals surface area contributed by atoms with E-state index >= 15 is 0 Å². The van der Waals surface area contributed by atoms with Crippen molar-refractivity contribution in [3.63, 3.8) is 0 Å². The Labute approximate surface area is 130 Å². The average Bonchev–Trinajstić information content (AvgIpc) is 3.07. The molecule has 1 atom stereocenters. The molecule has 0 radical (unpaired) electrons. The normalized spacial score (nSPS) is 19.9. The number of rotatable bonds is 1. The van der Waals surface area contributed by atoms with Gasteiger partial charge in [0.15, 0.2) is 0 Å². The molecule has 1 aromatic rings. The third-order valence-electron chi connectivity index (χ3n) is 2.41. The van der Waals surface area contributed by atoms with E-state index in [-0.39, 0.29) is 31.1 Å². The fraction of sp³-hybridized carbons (Fsp3) is 0.214. The zero-order chi connectivity index (χ0) is 12.3. The fourth-order valence-electron chi connectivity index (χ4n) is 1.35. The smallest absolute Gasteiger partial charge is 0.379 e. The van der Waals surface area contributed by atoms with Gasteiger partial charge in [-0.2, -0.15) is 24.6 Å². The molecule has 0 aliphatic heterocycles. The quantitative estimate of drug-likeness (QED) is 0.587. The summed E-state index contributed by atoms with van der Waals surface area (Å²) in [6.45, 7) is 7.26. The predicted molar refractivity (Wildman–Crippen MR) is 65.6 cm³/mol. The SMILES string of the molecule is [CH2-]C1=CC[C@@H](F)C=C1.[CH2-]c1cc(C2=CC2)on1.[U+2]. The third kappa shape index (κ3) is 4.80. The van der Waals surface area contributed by atoms with E-state index in [9.17, 15) is 4.39 Å². The predicted octanol–water partition coefficient (Wildman–Crippen LogP) is 3.69. The van der Waals surface area contributed by atoms with Crippen molar-refractivity contribution in [2.75, 3.05) is 0 Å². The molecule has 4 heteroatoms. The van der Waals surface area contributed by atoms with E-state index in [0.29, 0.717) is 12.1 Å². The van der Waals surface area contributed by atoms with Gasteiger partial charge in [-0.05, 0) is 18.4 Å². The summed E-state index contributed by atoms with van der Waals surface area (Å²) in [5, 5.41) is 3.65. The maximum absolute atomic E-state index is 12.2. The number of hydrogen-bond donors (Lipinski definition) is 0. The largest absolute Gasteiger partial charge is 2.00 e. The molecule has 2 aliphatic carbocycles. The molecular weight excluding hydrogens is 455 g/mol. The zero-order valence-electron chi connectivity index (χ0n) is 10.0. The van der Waals surface area contributed by atoms with E-state index in [0.717, 1.165) is 17.8 Å². The van der Waals surface area contributed by atoms with Gasteiger partial charge in [-0.15, -0.1) is 17.3 Å². The molecule has 3 rings (SSSR count). The Hall–Kier alpha value is -0.848. The zero-order valence-corrected chi connectivity index (χ0v) is 14.2. The fourth-order valence-corrected chi connectivity index (χ4v) is 1.35. The average molecular weight is 469 g/mol. The molecule has 92 valence electrons. The molecular formula is C14H14FNOU. The van der Waals surface area contributed by atoms with Crippen LogP contribution in [0.2, 0.25) is 0 Å². The second kappa shape index (κ2) is 6.92. The molecule has 0 bridgehead atoms. The topological polar surface area (TPSA) is 26.0 Å². The van der Waals surface area contributed by atoms with Gasteiger partial charge in [0.1, 0.15) is 6.17 Å². The maximum Gasteiger partial charge on any atom is 2.00 e. The van der Waals surface area contributed by atoms with Crippen LogP contribution in [0.25, 0.3) is 5.57 Å². The van der Waals surface area contributed by atoms with Crippen LogP contribution in [0.5, 0.6) is 0 Å². The van der Waals surface area contributed by atoms with E-state index in [1.807, 2.05) is 6.07 Å². The molecule has 2 aliphatic rings. The number of hydrogen-bond acceptors (Lipinski definition) is 2. The van der Waals surface area contributed by atoms with Gasteiger partial charge in [0, 0.05) is 0 Å². The Bertz CT molecular complexity index is 488. The summed E-state index contributed by atoms with van der Waals surface area (Å²) >= 11 is 0. The summed E-state index contributed by atoms with van der Waals surface area (Å²) in [7, 11) is 0. The van der Waals surface area contributed by atoms with Crippen LogP contribution in [0.15, 0.2) is 40.5 Å². The molecule has 2 nitrogen and oxygen atoms in total. The molecule has 1 aromatic heterocycles. The van der Waals surface area contributed by atoms with Crippen LogP contribution in [-0.2, 0) is 0 Å². The van der Waals surface area contributed by atoms with Crippen LogP contribution in [0, 0.1) is 45.0 Å². The Morgan fingerprint density at radius 2 is 2.06 bits per heavy atom. The number of aromatic nitrogens is 1. The van der Waals surface area contributed by atoms with Crippen molar-refractivity contribution in [3.05, 3.63) is 61.2 Å². The standard InChI is InChI=1S/C7H8F.C7H6NO.U/c1-6-2-4-7(8)5-3-6;1-5-4-7(9-8-5)6-2-3-6;/h2-4,7H,1,5H2;2,4H,1,3H2;/q2*-1;+2/t7-;;/m0../s1. The monoisotopic (exact) mass is 469 g/mol. The summed E-state index contributed by atoms with van der Waals surface area (Å²) in [5.41, 5.74) is 2.87. The van der Waals surface area contributed by atoms with Crippen LogP contribution in [0.4, 0.5) is 4.39 Å². The maximum atomic E-state index is 12.2. The van der Waals surface area contributed by atoms with Gasteiger partial charge in [0.2, 0.25) is 0 Å². The summed E-state index contributed by atoms with van der Waals surface area (Å²) < 4.78 is 17.1. The van der Waals surface area contributed by atoms with Gasteiger partial charge in [-0.3, -0.25) is 0 Å². The Morgan fingerprint density at radius 3 is 2.44 bits per heavy atom. The van der Waals surface area contributed by atoms with Crippen LogP contribution in [0.1, 0.15) is 24.3 Å². The second-order valence-corrected chi connectivity index (χ2v) is 4.01. The van der Waals surface area contributed by atoms with E-state index in [1.165, 1.54) is 11.6 Å².